The second-order valence-electron chi connectivity index (χ2n) is 3.80. The van der Waals surface area contributed by atoms with Crippen LogP contribution in [0.25, 0.3) is 0 Å². The lowest BCUT2D eigenvalue weighted by Gasteiger charge is -2.10. The molecule has 88 valence electrons. The van der Waals surface area contributed by atoms with Crippen LogP contribution in [0.2, 0.25) is 0 Å². The van der Waals surface area contributed by atoms with E-state index in [1.807, 2.05) is 0 Å². The molecule has 0 saturated carbocycles. The number of halogens is 1. The summed E-state index contributed by atoms with van der Waals surface area (Å²) in [6.07, 6.45) is 0. The Morgan fingerprint density at radius 2 is 1.76 bits per heavy atom. The maximum absolute atomic E-state index is 12.9. The Hall–Kier alpha value is -2.23. The SMILES string of the molecule is Cc1cc(F)ccc1Oc1ccc(N)c(N)c1. The maximum Gasteiger partial charge on any atom is 0.130 e. The number of rotatable bonds is 2. The summed E-state index contributed by atoms with van der Waals surface area (Å²) in [5, 5.41) is 0. The molecule has 17 heavy (non-hydrogen) atoms. The van der Waals surface area contributed by atoms with Crippen LogP contribution in [-0.2, 0) is 0 Å². The zero-order valence-electron chi connectivity index (χ0n) is 9.41. The molecular formula is C13H13FN2O. The Morgan fingerprint density at radius 3 is 2.41 bits per heavy atom. The largest absolute Gasteiger partial charge is 0.457 e. The minimum Gasteiger partial charge on any atom is -0.457 e. The summed E-state index contributed by atoms with van der Waals surface area (Å²) in [4.78, 5) is 0. The van der Waals surface area contributed by atoms with Gasteiger partial charge in [-0.3, -0.25) is 0 Å². The first-order valence-electron chi connectivity index (χ1n) is 5.15. The quantitative estimate of drug-likeness (QED) is 0.782. The molecule has 0 aromatic heterocycles. The van der Waals surface area contributed by atoms with Gasteiger partial charge in [-0.2, -0.15) is 0 Å². The topological polar surface area (TPSA) is 61.3 Å². The predicted molar refractivity (Wildman–Crippen MR) is 66.5 cm³/mol. The van der Waals surface area contributed by atoms with Crippen molar-refractivity contribution in [1.29, 1.82) is 0 Å². The number of benzene rings is 2. The number of nitrogen functional groups attached to an aromatic ring is 2. The van der Waals surface area contributed by atoms with E-state index in [4.69, 9.17) is 16.2 Å². The summed E-state index contributed by atoms with van der Waals surface area (Å²) < 4.78 is 18.5. The Bertz CT molecular complexity index is 555. The normalized spacial score (nSPS) is 10.2. The Labute approximate surface area is 98.8 Å². The lowest BCUT2D eigenvalue weighted by atomic mass is 10.2. The molecule has 0 aliphatic carbocycles. The summed E-state index contributed by atoms with van der Waals surface area (Å²) in [6, 6.07) is 9.37. The third kappa shape index (κ3) is 2.47. The van der Waals surface area contributed by atoms with Gasteiger partial charge in [0.05, 0.1) is 11.4 Å². The first-order chi connectivity index (χ1) is 8.06. The minimum absolute atomic E-state index is 0.285. The van der Waals surface area contributed by atoms with E-state index in [1.54, 1.807) is 31.2 Å². The molecule has 0 amide bonds. The van der Waals surface area contributed by atoms with Gasteiger partial charge in [0.15, 0.2) is 0 Å². The van der Waals surface area contributed by atoms with Crippen molar-refractivity contribution < 1.29 is 9.13 Å². The van der Waals surface area contributed by atoms with Crippen LogP contribution in [0.3, 0.4) is 0 Å². The van der Waals surface area contributed by atoms with E-state index in [-0.39, 0.29) is 5.82 Å². The summed E-state index contributed by atoms with van der Waals surface area (Å²) in [7, 11) is 0. The van der Waals surface area contributed by atoms with Crippen molar-refractivity contribution >= 4 is 11.4 Å². The van der Waals surface area contributed by atoms with Gasteiger partial charge < -0.3 is 16.2 Å². The predicted octanol–water partition coefficient (Wildman–Crippen LogP) is 3.09. The number of hydrogen-bond acceptors (Lipinski definition) is 3. The molecule has 0 radical (unpaired) electrons. The Morgan fingerprint density at radius 1 is 1.00 bits per heavy atom. The van der Waals surface area contributed by atoms with Crippen LogP contribution < -0.4 is 16.2 Å². The molecule has 4 N–H and O–H groups in total. The van der Waals surface area contributed by atoms with E-state index >= 15 is 0 Å². The first kappa shape index (κ1) is 11.3. The fourth-order valence-corrected chi connectivity index (χ4v) is 1.47. The molecule has 0 fully saturated rings. The van der Waals surface area contributed by atoms with Gasteiger partial charge in [-0.25, -0.2) is 4.39 Å². The van der Waals surface area contributed by atoms with Gasteiger partial charge in [0.25, 0.3) is 0 Å². The Balaban J connectivity index is 2.28. The highest BCUT2D eigenvalue weighted by Gasteiger charge is 2.04. The van der Waals surface area contributed by atoms with Crippen LogP contribution >= 0.6 is 0 Å². The minimum atomic E-state index is -0.285. The van der Waals surface area contributed by atoms with Gasteiger partial charge >= 0.3 is 0 Å². The highest BCUT2D eigenvalue weighted by atomic mass is 19.1. The molecule has 2 aromatic carbocycles. The van der Waals surface area contributed by atoms with Crippen molar-refractivity contribution in [2.45, 2.75) is 6.92 Å². The Kier molecular flexibility index (Phi) is 2.87. The van der Waals surface area contributed by atoms with Crippen LogP contribution in [0.1, 0.15) is 5.56 Å². The molecule has 0 bridgehead atoms. The van der Waals surface area contributed by atoms with E-state index in [0.717, 1.165) is 5.56 Å². The average Bonchev–Trinajstić information content (AvgIpc) is 2.27. The first-order valence-corrected chi connectivity index (χ1v) is 5.15. The number of nitrogens with two attached hydrogens (primary N) is 2. The highest BCUT2D eigenvalue weighted by Crippen LogP contribution is 2.28. The highest BCUT2D eigenvalue weighted by molar-refractivity contribution is 5.65. The van der Waals surface area contributed by atoms with Crippen LogP contribution in [0.15, 0.2) is 36.4 Å². The van der Waals surface area contributed by atoms with Gasteiger partial charge in [0, 0.05) is 6.07 Å². The van der Waals surface area contributed by atoms with Gasteiger partial charge in [-0.15, -0.1) is 0 Å². The van der Waals surface area contributed by atoms with E-state index in [0.29, 0.717) is 22.9 Å². The number of aryl methyl sites for hydroxylation is 1. The number of ether oxygens (including phenoxy) is 1. The fourth-order valence-electron chi connectivity index (χ4n) is 1.47. The molecule has 2 aromatic rings. The second kappa shape index (κ2) is 4.33. The van der Waals surface area contributed by atoms with Crippen molar-refractivity contribution in [3.05, 3.63) is 47.8 Å². The average molecular weight is 232 g/mol. The molecular weight excluding hydrogens is 219 g/mol. The molecule has 0 saturated heterocycles. The standard InChI is InChI=1S/C13H13FN2O/c1-8-6-9(14)2-5-13(8)17-10-3-4-11(15)12(16)7-10/h2-7H,15-16H2,1H3. The molecule has 0 aliphatic heterocycles. The zero-order chi connectivity index (χ0) is 12.4. The number of hydrogen-bond donors (Lipinski definition) is 2. The monoisotopic (exact) mass is 232 g/mol. The lowest BCUT2D eigenvalue weighted by molar-refractivity contribution is 0.477. The second-order valence-corrected chi connectivity index (χ2v) is 3.80. The van der Waals surface area contributed by atoms with Crippen LogP contribution in [-0.4, -0.2) is 0 Å². The van der Waals surface area contributed by atoms with Crippen molar-refractivity contribution in [2.75, 3.05) is 11.5 Å². The van der Waals surface area contributed by atoms with E-state index in [9.17, 15) is 4.39 Å². The summed E-state index contributed by atoms with van der Waals surface area (Å²) in [5.74, 6) is 0.883. The zero-order valence-corrected chi connectivity index (χ0v) is 9.41. The van der Waals surface area contributed by atoms with Crippen LogP contribution in [0.4, 0.5) is 15.8 Å². The maximum atomic E-state index is 12.9. The van der Waals surface area contributed by atoms with E-state index < -0.39 is 0 Å². The third-order valence-corrected chi connectivity index (χ3v) is 2.42. The molecule has 0 spiro atoms. The van der Waals surface area contributed by atoms with Gasteiger partial charge in [-0.05, 0) is 42.8 Å². The molecule has 0 unspecified atom stereocenters. The molecule has 3 nitrogen and oxygen atoms in total. The summed E-state index contributed by atoms with van der Waals surface area (Å²) in [6.45, 7) is 1.78. The molecule has 0 aliphatic rings. The summed E-state index contributed by atoms with van der Waals surface area (Å²) >= 11 is 0. The molecule has 2 rings (SSSR count). The van der Waals surface area contributed by atoms with E-state index in [2.05, 4.69) is 0 Å². The fraction of sp³-hybridized carbons (Fsp3) is 0.0769. The molecule has 0 heterocycles. The van der Waals surface area contributed by atoms with Gasteiger partial charge in [0.1, 0.15) is 17.3 Å². The van der Waals surface area contributed by atoms with E-state index in [1.165, 1.54) is 12.1 Å². The van der Waals surface area contributed by atoms with Crippen LogP contribution in [0, 0.1) is 12.7 Å². The van der Waals surface area contributed by atoms with Gasteiger partial charge in [0.2, 0.25) is 0 Å². The van der Waals surface area contributed by atoms with Crippen molar-refractivity contribution in [3.63, 3.8) is 0 Å². The third-order valence-electron chi connectivity index (χ3n) is 2.42. The van der Waals surface area contributed by atoms with Crippen LogP contribution in [0.5, 0.6) is 11.5 Å². The van der Waals surface area contributed by atoms with Crippen molar-refractivity contribution in [2.24, 2.45) is 0 Å². The van der Waals surface area contributed by atoms with Crippen molar-refractivity contribution in [1.82, 2.24) is 0 Å². The van der Waals surface area contributed by atoms with Gasteiger partial charge in [-0.1, -0.05) is 0 Å². The number of anilines is 2. The lowest BCUT2D eigenvalue weighted by Crippen LogP contribution is -1.95. The smallest absolute Gasteiger partial charge is 0.130 e. The van der Waals surface area contributed by atoms with Crippen molar-refractivity contribution in [3.8, 4) is 11.5 Å². The molecule has 4 heteroatoms. The summed E-state index contributed by atoms with van der Waals surface area (Å²) in [5.41, 5.74) is 13.0. The molecule has 0 atom stereocenters.